The molecule has 0 aliphatic carbocycles. The second-order valence-corrected chi connectivity index (χ2v) is 3.49. The fraction of sp³-hybridized carbons (Fsp3) is 0.333. The minimum absolute atomic E-state index is 0.147. The molecule has 0 aromatic heterocycles. The van der Waals surface area contributed by atoms with Crippen molar-refractivity contribution in [2.24, 2.45) is 5.73 Å². The van der Waals surface area contributed by atoms with Crippen molar-refractivity contribution in [3.63, 3.8) is 0 Å². The number of nitrogens with one attached hydrogen (secondary N) is 1. The van der Waals surface area contributed by atoms with E-state index in [0.717, 1.165) is 11.3 Å². The molecule has 0 atom stereocenters. The van der Waals surface area contributed by atoms with Crippen molar-refractivity contribution in [3.05, 3.63) is 29.8 Å². The number of amides is 1. The van der Waals surface area contributed by atoms with Gasteiger partial charge in [-0.1, -0.05) is 12.1 Å². The van der Waals surface area contributed by atoms with E-state index in [-0.39, 0.29) is 19.7 Å². The molecule has 18 heavy (non-hydrogen) atoms. The molecule has 6 heteroatoms. The van der Waals surface area contributed by atoms with Crippen molar-refractivity contribution in [2.45, 2.75) is 6.61 Å². The molecule has 3 N–H and O–H groups in total. The van der Waals surface area contributed by atoms with Gasteiger partial charge >= 0.3 is 5.97 Å². The van der Waals surface area contributed by atoms with Crippen LogP contribution in [0, 0.1) is 0 Å². The van der Waals surface area contributed by atoms with E-state index < -0.39 is 11.9 Å². The second-order valence-electron chi connectivity index (χ2n) is 3.49. The zero-order valence-corrected chi connectivity index (χ0v) is 10.1. The molecular formula is C12H16N2O4. The maximum atomic E-state index is 11.3. The summed E-state index contributed by atoms with van der Waals surface area (Å²) in [5.74, 6) is -0.163. The number of carbonyl (C=O) groups excluding carboxylic acids is 2. The number of hydrogen-bond acceptors (Lipinski definition) is 5. The fourth-order valence-electron chi connectivity index (χ4n) is 1.18. The first-order valence-corrected chi connectivity index (χ1v) is 5.41. The van der Waals surface area contributed by atoms with Crippen molar-refractivity contribution >= 4 is 11.9 Å². The van der Waals surface area contributed by atoms with Crippen LogP contribution in [0.3, 0.4) is 0 Å². The predicted molar refractivity (Wildman–Crippen MR) is 64.9 cm³/mol. The van der Waals surface area contributed by atoms with Crippen molar-refractivity contribution < 1.29 is 19.1 Å². The number of methoxy groups -OCH3 is 1. The van der Waals surface area contributed by atoms with E-state index in [1.165, 1.54) is 0 Å². The third-order valence-electron chi connectivity index (χ3n) is 2.17. The van der Waals surface area contributed by atoms with E-state index in [4.69, 9.17) is 15.2 Å². The zero-order valence-electron chi connectivity index (χ0n) is 10.1. The summed E-state index contributed by atoms with van der Waals surface area (Å²) in [5.41, 5.74) is 5.92. The maximum absolute atomic E-state index is 11.3. The van der Waals surface area contributed by atoms with Gasteiger partial charge in [-0.15, -0.1) is 0 Å². The molecule has 0 fully saturated rings. The van der Waals surface area contributed by atoms with Gasteiger partial charge in [-0.25, -0.2) is 0 Å². The fourth-order valence-corrected chi connectivity index (χ4v) is 1.18. The first-order valence-electron chi connectivity index (χ1n) is 5.41. The number of ether oxygens (including phenoxy) is 2. The highest BCUT2D eigenvalue weighted by Crippen LogP contribution is 2.11. The Kier molecular flexibility index (Phi) is 5.66. The Labute approximate surface area is 105 Å². The Hall–Kier alpha value is -2.08. The average Bonchev–Trinajstić information content (AvgIpc) is 2.42. The lowest BCUT2D eigenvalue weighted by Gasteiger charge is -2.06. The van der Waals surface area contributed by atoms with Crippen LogP contribution in [0.1, 0.15) is 5.56 Å². The number of nitrogens with two attached hydrogens (primary N) is 1. The van der Waals surface area contributed by atoms with Crippen LogP contribution < -0.4 is 15.8 Å². The van der Waals surface area contributed by atoms with Crippen LogP contribution in [-0.2, 0) is 20.9 Å². The van der Waals surface area contributed by atoms with E-state index in [0.29, 0.717) is 0 Å². The molecule has 6 nitrogen and oxygen atoms in total. The minimum atomic E-state index is -0.507. The zero-order chi connectivity index (χ0) is 13.4. The van der Waals surface area contributed by atoms with Gasteiger partial charge in [0.25, 0.3) is 0 Å². The molecule has 1 aromatic carbocycles. The molecule has 0 aliphatic heterocycles. The number of rotatable bonds is 6. The molecular weight excluding hydrogens is 236 g/mol. The lowest BCUT2D eigenvalue weighted by atomic mass is 10.2. The molecule has 1 rings (SSSR count). The Morgan fingerprint density at radius 2 is 1.94 bits per heavy atom. The summed E-state index contributed by atoms with van der Waals surface area (Å²) in [6, 6.07) is 7.15. The molecule has 0 saturated carbocycles. The number of benzene rings is 1. The molecule has 0 spiro atoms. The summed E-state index contributed by atoms with van der Waals surface area (Å²) in [5, 5.41) is 2.33. The van der Waals surface area contributed by atoms with Crippen LogP contribution in [0.15, 0.2) is 24.3 Å². The molecule has 0 heterocycles. The summed E-state index contributed by atoms with van der Waals surface area (Å²) in [6.07, 6.45) is 0. The number of hydrogen-bond donors (Lipinski definition) is 2. The Balaban J connectivity index is 2.31. The van der Waals surface area contributed by atoms with Crippen LogP contribution in [0.5, 0.6) is 5.75 Å². The van der Waals surface area contributed by atoms with Gasteiger partial charge in [0, 0.05) is 0 Å². The van der Waals surface area contributed by atoms with Crippen molar-refractivity contribution in [3.8, 4) is 5.75 Å². The lowest BCUT2D eigenvalue weighted by molar-refractivity contribution is -0.145. The lowest BCUT2D eigenvalue weighted by Crippen LogP contribution is -2.34. The van der Waals surface area contributed by atoms with Gasteiger partial charge in [-0.2, -0.15) is 0 Å². The molecule has 98 valence electrons. The molecule has 0 bridgehead atoms. The third-order valence-corrected chi connectivity index (χ3v) is 2.17. The standard InChI is InChI=1S/C12H16N2O4/c1-17-10-4-2-9(3-5-10)8-18-12(16)7-14-11(15)6-13/h2-5H,6-8,13H2,1H3,(H,14,15). The van der Waals surface area contributed by atoms with Crippen LogP contribution in [0.4, 0.5) is 0 Å². The minimum Gasteiger partial charge on any atom is -0.497 e. The predicted octanol–water partition coefficient (Wildman–Crippen LogP) is -0.187. The van der Waals surface area contributed by atoms with Gasteiger partial charge in [0.05, 0.1) is 13.7 Å². The Morgan fingerprint density at radius 3 is 2.50 bits per heavy atom. The van der Waals surface area contributed by atoms with Gasteiger partial charge in [-0.3, -0.25) is 9.59 Å². The van der Waals surface area contributed by atoms with Crippen LogP contribution in [-0.4, -0.2) is 32.1 Å². The average molecular weight is 252 g/mol. The monoisotopic (exact) mass is 252 g/mol. The topological polar surface area (TPSA) is 90.6 Å². The Morgan fingerprint density at radius 1 is 1.28 bits per heavy atom. The number of carbonyl (C=O) groups is 2. The van der Waals surface area contributed by atoms with Crippen LogP contribution in [0.25, 0.3) is 0 Å². The van der Waals surface area contributed by atoms with Crippen molar-refractivity contribution in [2.75, 3.05) is 20.2 Å². The maximum Gasteiger partial charge on any atom is 0.325 e. The summed E-state index contributed by atoms with van der Waals surface area (Å²) >= 11 is 0. The van der Waals surface area contributed by atoms with E-state index in [2.05, 4.69) is 5.32 Å². The third kappa shape index (κ3) is 4.84. The van der Waals surface area contributed by atoms with Crippen molar-refractivity contribution in [1.29, 1.82) is 0 Å². The molecule has 0 radical (unpaired) electrons. The molecule has 1 aromatic rings. The van der Waals surface area contributed by atoms with Gasteiger partial charge in [0.1, 0.15) is 18.9 Å². The van der Waals surface area contributed by atoms with Crippen molar-refractivity contribution in [1.82, 2.24) is 5.32 Å². The first-order chi connectivity index (χ1) is 8.65. The SMILES string of the molecule is COc1ccc(COC(=O)CNC(=O)CN)cc1. The first kappa shape index (κ1) is 14.0. The van der Waals surface area contributed by atoms with Crippen LogP contribution >= 0.6 is 0 Å². The summed E-state index contributed by atoms with van der Waals surface area (Å²) in [4.78, 5) is 22.1. The summed E-state index contributed by atoms with van der Waals surface area (Å²) in [7, 11) is 1.58. The van der Waals surface area contributed by atoms with Gasteiger partial charge < -0.3 is 20.5 Å². The molecule has 0 unspecified atom stereocenters. The number of esters is 1. The van der Waals surface area contributed by atoms with E-state index in [1.807, 2.05) is 0 Å². The summed E-state index contributed by atoms with van der Waals surface area (Å²) < 4.78 is 9.97. The van der Waals surface area contributed by atoms with Crippen LogP contribution in [0.2, 0.25) is 0 Å². The largest absolute Gasteiger partial charge is 0.497 e. The van der Waals surface area contributed by atoms with Gasteiger partial charge in [0.15, 0.2) is 0 Å². The highest BCUT2D eigenvalue weighted by atomic mass is 16.5. The highest BCUT2D eigenvalue weighted by molar-refractivity contribution is 5.82. The molecule has 0 saturated heterocycles. The summed E-state index contributed by atoms with van der Waals surface area (Å²) in [6.45, 7) is -0.167. The van der Waals surface area contributed by atoms with E-state index in [9.17, 15) is 9.59 Å². The smallest absolute Gasteiger partial charge is 0.325 e. The normalized spacial score (nSPS) is 9.67. The second kappa shape index (κ2) is 7.29. The molecule has 1 amide bonds. The Bertz CT molecular complexity index is 403. The van der Waals surface area contributed by atoms with E-state index >= 15 is 0 Å². The van der Waals surface area contributed by atoms with Gasteiger partial charge in [-0.05, 0) is 17.7 Å². The van der Waals surface area contributed by atoms with Gasteiger partial charge in [0.2, 0.25) is 5.91 Å². The molecule has 0 aliphatic rings. The quantitative estimate of drug-likeness (QED) is 0.685. The van der Waals surface area contributed by atoms with E-state index in [1.54, 1.807) is 31.4 Å². The highest BCUT2D eigenvalue weighted by Gasteiger charge is 2.05.